The molecule has 2 heteroatoms. The Morgan fingerprint density at radius 1 is 1.25 bits per heavy atom. The smallest absolute Gasteiger partial charge is 0.140 e. The third-order valence-corrected chi connectivity index (χ3v) is 3.13. The van der Waals surface area contributed by atoms with Crippen LogP contribution in [-0.4, -0.2) is 19.0 Å². The van der Waals surface area contributed by atoms with Crippen molar-refractivity contribution in [1.29, 1.82) is 0 Å². The highest BCUT2D eigenvalue weighted by Crippen LogP contribution is 2.17. The van der Waals surface area contributed by atoms with Gasteiger partial charge in [-0.3, -0.25) is 4.79 Å². The Labute approximate surface area is 96.6 Å². The average Bonchev–Trinajstić information content (AvgIpc) is 2.33. The van der Waals surface area contributed by atoms with Crippen molar-refractivity contribution in [2.24, 2.45) is 5.92 Å². The fourth-order valence-electron chi connectivity index (χ4n) is 2.14. The van der Waals surface area contributed by atoms with Gasteiger partial charge in [-0.05, 0) is 24.8 Å². The Kier molecular flexibility index (Phi) is 4.11. The zero-order chi connectivity index (χ0) is 11.2. The number of ether oxygens (including phenoxy) is 1. The van der Waals surface area contributed by atoms with Crippen LogP contribution < -0.4 is 0 Å². The molecule has 0 amide bonds. The van der Waals surface area contributed by atoms with Crippen LogP contribution in [0.1, 0.15) is 24.8 Å². The first-order valence-electron chi connectivity index (χ1n) is 6.00. The minimum absolute atomic E-state index is 0.150. The number of carbonyl (C=O) groups excluding carboxylic acids is 1. The van der Waals surface area contributed by atoms with Crippen LogP contribution in [0.2, 0.25) is 0 Å². The summed E-state index contributed by atoms with van der Waals surface area (Å²) in [6, 6.07) is 10.4. The zero-order valence-electron chi connectivity index (χ0n) is 9.52. The molecule has 0 aromatic heterocycles. The molecule has 0 radical (unpaired) electrons. The molecule has 86 valence electrons. The second-order valence-corrected chi connectivity index (χ2v) is 4.37. The van der Waals surface area contributed by atoms with Crippen LogP contribution in [0, 0.1) is 5.92 Å². The summed E-state index contributed by atoms with van der Waals surface area (Å²) in [6.07, 6.45) is 3.71. The first-order chi connectivity index (χ1) is 7.86. The van der Waals surface area contributed by atoms with Crippen LogP contribution in [0.15, 0.2) is 30.3 Å². The van der Waals surface area contributed by atoms with E-state index in [1.54, 1.807) is 0 Å². The topological polar surface area (TPSA) is 26.3 Å². The number of carbonyl (C=O) groups is 1. The number of hydrogen-bond donors (Lipinski definition) is 0. The molecule has 1 saturated heterocycles. The average molecular weight is 218 g/mol. The molecule has 1 unspecified atom stereocenters. The van der Waals surface area contributed by atoms with Gasteiger partial charge in [0.05, 0.1) is 13.2 Å². The van der Waals surface area contributed by atoms with Gasteiger partial charge in [-0.25, -0.2) is 0 Å². The quantitative estimate of drug-likeness (QED) is 0.776. The predicted molar refractivity (Wildman–Crippen MR) is 63.3 cm³/mol. The van der Waals surface area contributed by atoms with Crippen molar-refractivity contribution in [1.82, 2.24) is 0 Å². The summed E-state index contributed by atoms with van der Waals surface area (Å²) in [4.78, 5) is 11.6. The fraction of sp³-hybridized carbons (Fsp3) is 0.500. The molecule has 0 N–H and O–H groups in total. The van der Waals surface area contributed by atoms with Crippen molar-refractivity contribution in [2.75, 3.05) is 13.2 Å². The molecule has 1 atom stereocenters. The van der Waals surface area contributed by atoms with Gasteiger partial charge in [0.2, 0.25) is 0 Å². The second-order valence-electron chi connectivity index (χ2n) is 4.37. The molecule has 1 aliphatic rings. The van der Waals surface area contributed by atoms with Gasteiger partial charge in [-0.1, -0.05) is 30.3 Å². The summed E-state index contributed by atoms with van der Waals surface area (Å²) in [5.74, 6) is 0.539. The van der Waals surface area contributed by atoms with E-state index in [-0.39, 0.29) is 5.92 Å². The molecule has 1 heterocycles. The summed E-state index contributed by atoms with van der Waals surface area (Å²) in [5, 5.41) is 0. The molecule has 1 aliphatic heterocycles. The lowest BCUT2D eigenvalue weighted by molar-refractivity contribution is -0.130. The van der Waals surface area contributed by atoms with Gasteiger partial charge in [0, 0.05) is 12.3 Å². The van der Waals surface area contributed by atoms with Crippen LogP contribution in [0.3, 0.4) is 0 Å². The predicted octanol–water partition coefficient (Wildman–Crippen LogP) is 2.61. The summed E-state index contributed by atoms with van der Waals surface area (Å²) in [6.45, 7) is 1.25. The van der Waals surface area contributed by atoms with Gasteiger partial charge in [0.1, 0.15) is 5.78 Å². The summed E-state index contributed by atoms with van der Waals surface area (Å²) < 4.78 is 5.33. The molecular weight excluding hydrogens is 200 g/mol. The lowest BCUT2D eigenvalue weighted by atomic mass is 9.93. The van der Waals surface area contributed by atoms with E-state index in [1.165, 1.54) is 5.56 Å². The lowest BCUT2D eigenvalue weighted by Crippen LogP contribution is -2.27. The van der Waals surface area contributed by atoms with E-state index in [0.717, 1.165) is 19.3 Å². The molecule has 1 aromatic rings. The maximum absolute atomic E-state index is 11.6. The first kappa shape index (κ1) is 11.3. The zero-order valence-corrected chi connectivity index (χ0v) is 9.52. The fourth-order valence-corrected chi connectivity index (χ4v) is 2.14. The summed E-state index contributed by atoms with van der Waals surface area (Å²) in [7, 11) is 0. The molecule has 1 fully saturated rings. The molecule has 0 aliphatic carbocycles. The normalized spacial score (nSPS) is 21.0. The highest BCUT2D eigenvalue weighted by molar-refractivity contribution is 5.81. The molecule has 1 aromatic carbocycles. The minimum Gasteiger partial charge on any atom is -0.380 e. The van der Waals surface area contributed by atoms with Crippen molar-refractivity contribution < 1.29 is 9.53 Å². The monoisotopic (exact) mass is 218 g/mol. The van der Waals surface area contributed by atoms with E-state index in [0.29, 0.717) is 25.4 Å². The van der Waals surface area contributed by atoms with Crippen LogP contribution in [0.5, 0.6) is 0 Å². The van der Waals surface area contributed by atoms with Crippen molar-refractivity contribution >= 4 is 5.78 Å². The van der Waals surface area contributed by atoms with Crippen LogP contribution in [0.4, 0.5) is 0 Å². The Balaban J connectivity index is 1.73. The van der Waals surface area contributed by atoms with E-state index in [1.807, 2.05) is 6.07 Å². The number of Topliss-reactive ketones (excluding diaryl/α,β-unsaturated/α-hetero) is 1. The molecule has 2 rings (SSSR count). The number of aryl methyl sites for hydroxylation is 1. The van der Waals surface area contributed by atoms with Gasteiger partial charge >= 0.3 is 0 Å². The minimum atomic E-state index is 0.150. The Morgan fingerprint density at radius 3 is 2.81 bits per heavy atom. The molecule has 0 spiro atoms. The first-order valence-corrected chi connectivity index (χ1v) is 6.00. The van der Waals surface area contributed by atoms with Crippen molar-refractivity contribution in [3.05, 3.63) is 35.9 Å². The van der Waals surface area contributed by atoms with E-state index in [2.05, 4.69) is 24.3 Å². The van der Waals surface area contributed by atoms with Crippen molar-refractivity contribution in [3.8, 4) is 0 Å². The number of ketones is 1. The highest BCUT2D eigenvalue weighted by Gasteiger charge is 2.21. The standard InChI is InChI=1S/C14H18O2/c15-14-9-10-16-11-13(14)8-4-7-12-5-2-1-3-6-12/h1-3,5-6,13H,4,7-11H2. The van der Waals surface area contributed by atoms with Gasteiger partial charge in [0.15, 0.2) is 0 Å². The number of hydrogen-bond acceptors (Lipinski definition) is 2. The van der Waals surface area contributed by atoms with E-state index >= 15 is 0 Å². The third kappa shape index (κ3) is 3.17. The van der Waals surface area contributed by atoms with Crippen molar-refractivity contribution in [2.45, 2.75) is 25.7 Å². The number of rotatable bonds is 4. The van der Waals surface area contributed by atoms with Crippen LogP contribution in [-0.2, 0) is 16.0 Å². The largest absolute Gasteiger partial charge is 0.380 e. The Bertz CT molecular complexity index is 332. The highest BCUT2D eigenvalue weighted by atomic mass is 16.5. The third-order valence-electron chi connectivity index (χ3n) is 3.13. The molecular formula is C14H18O2. The van der Waals surface area contributed by atoms with E-state index < -0.39 is 0 Å². The SMILES string of the molecule is O=C1CCOCC1CCCc1ccccc1. The Hall–Kier alpha value is -1.15. The number of benzene rings is 1. The van der Waals surface area contributed by atoms with Gasteiger partial charge in [-0.2, -0.15) is 0 Å². The molecule has 0 saturated carbocycles. The second kappa shape index (κ2) is 5.80. The summed E-state index contributed by atoms with van der Waals surface area (Å²) >= 11 is 0. The van der Waals surface area contributed by atoms with E-state index in [9.17, 15) is 4.79 Å². The van der Waals surface area contributed by atoms with Crippen molar-refractivity contribution in [3.63, 3.8) is 0 Å². The van der Waals surface area contributed by atoms with Crippen LogP contribution in [0.25, 0.3) is 0 Å². The van der Waals surface area contributed by atoms with Crippen LogP contribution >= 0.6 is 0 Å². The van der Waals surface area contributed by atoms with Gasteiger partial charge in [-0.15, -0.1) is 0 Å². The summed E-state index contributed by atoms with van der Waals surface area (Å²) in [5.41, 5.74) is 1.35. The van der Waals surface area contributed by atoms with E-state index in [4.69, 9.17) is 4.74 Å². The Morgan fingerprint density at radius 2 is 2.06 bits per heavy atom. The van der Waals surface area contributed by atoms with Gasteiger partial charge < -0.3 is 4.74 Å². The lowest BCUT2D eigenvalue weighted by Gasteiger charge is -2.20. The molecule has 16 heavy (non-hydrogen) atoms. The molecule has 0 bridgehead atoms. The van der Waals surface area contributed by atoms with Gasteiger partial charge in [0.25, 0.3) is 0 Å². The maximum Gasteiger partial charge on any atom is 0.140 e. The maximum atomic E-state index is 11.6. The molecule has 2 nitrogen and oxygen atoms in total.